The minimum absolute atomic E-state index is 0. The molecule has 2 aliphatic rings. The third-order valence-corrected chi connectivity index (χ3v) is 8.14. The Morgan fingerprint density at radius 2 is 1.62 bits per heavy atom. The Bertz CT molecular complexity index is 1310. The maximum atomic E-state index is 13.4. The second-order valence-corrected chi connectivity index (χ2v) is 10.6. The van der Waals surface area contributed by atoms with Gasteiger partial charge in [0.1, 0.15) is 11.6 Å². The fourth-order valence-corrected chi connectivity index (χ4v) is 6.10. The zero-order valence-corrected chi connectivity index (χ0v) is 23.8. The lowest BCUT2D eigenvalue weighted by Crippen LogP contribution is -2.54. The van der Waals surface area contributed by atoms with Gasteiger partial charge in [0.25, 0.3) is 0 Å². The van der Waals surface area contributed by atoms with Crippen molar-refractivity contribution in [3.8, 4) is 0 Å². The van der Waals surface area contributed by atoms with Crippen molar-refractivity contribution in [2.45, 2.75) is 56.5 Å². The van der Waals surface area contributed by atoms with Gasteiger partial charge >= 0.3 is 0 Å². The van der Waals surface area contributed by atoms with Crippen LogP contribution in [0.1, 0.15) is 55.6 Å². The van der Waals surface area contributed by atoms with E-state index in [0.717, 1.165) is 31.7 Å². The maximum Gasteiger partial charge on any atom is 0.246 e. The van der Waals surface area contributed by atoms with E-state index in [-0.39, 0.29) is 48.6 Å². The first-order valence-electron chi connectivity index (χ1n) is 13.4. The molecule has 10 heteroatoms. The molecule has 2 amide bonds. The summed E-state index contributed by atoms with van der Waals surface area (Å²) in [4.78, 5) is 30.1. The van der Waals surface area contributed by atoms with Crippen molar-refractivity contribution in [3.05, 3.63) is 77.5 Å². The third-order valence-electron chi connectivity index (χ3n) is 8.14. The van der Waals surface area contributed by atoms with Gasteiger partial charge in [-0.25, -0.2) is 8.78 Å². The molecule has 2 aromatic carbocycles. The fraction of sp³-hybridized carbons (Fsp3) is 0.400. The number of rotatable bonds is 7. The molecule has 1 atom stereocenters. The van der Waals surface area contributed by atoms with Crippen LogP contribution < -0.4 is 11.1 Å². The van der Waals surface area contributed by atoms with Crippen molar-refractivity contribution in [2.75, 3.05) is 13.1 Å². The largest absolute Gasteiger partial charge is 0.368 e. The molecule has 0 radical (unpaired) electrons. The van der Waals surface area contributed by atoms with Crippen LogP contribution in [0.25, 0.3) is 17.0 Å². The van der Waals surface area contributed by atoms with Crippen molar-refractivity contribution >= 4 is 53.6 Å². The number of halogens is 4. The highest BCUT2D eigenvalue weighted by molar-refractivity contribution is 5.92. The molecule has 0 bridgehead atoms. The Labute approximate surface area is 245 Å². The SMILES string of the molecule is Cl.Cl.NC(=O)[C@H](N[C@H]1CC[C@H](c2c[nH]c3ccccc32)CC1)C1CCN(C(=O)/C=C/c2cc(F)cc(F)c2)CC1. The number of H-pyrrole nitrogens is 1. The van der Waals surface area contributed by atoms with E-state index in [2.05, 4.69) is 34.7 Å². The number of aromatic amines is 1. The Morgan fingerprint density at radius 1 is 0.975 bits per heavy atom. The molecule has 216 valence electrons. The number of piperidine rings is 1. The van der Waals surface area contributed by atoms with Gasteiger partial charge in [-0.2, -0.15) is 0 Å². The molecule has 1 saturated heterocycles. The molecular weight excluding hydrogens is 557 g/mol. The summed E-state index contributed by atoms with van der Waals surface area (Å²) in [6.07, 6.45) is 10.3. The standard InChI is InChI=1S/C30H34F2N4O2.2ClH/c31-22-15-19(16-23(32)17-22)5-10-28(37)36-13-11-21(12-14-36)29(30(33)38)35-24-8-6-20(7-9-24)26-18-34-27-4-2-1-3-25(26)27;;/h1-5,10,15-18,20-21,24,29,34-35H,6-9,11-14H2,(H2,33,38);2*1H/b10-5+;;/t20-,24-,29-;;/m1../s1. The molecular formula is C30H36Cl2F2N4O2. The number of nitrogens with zero attached hydrogens (tertiary/aromatic N) is 1. The molecule has 4 N–H and O–H groups in total. The lowest BCUT2D eigenvalue weighted by molar-refractivity contribution is -0.128. The smallest absolute Gasteiger partial charge is 0.246 e. The molecule has 6 nitrogen and oxygen atoms in total. The molecule has 3 aromatic rings. The summed E-state index contributed by atoms with van der Waals surface area (Å²) >= 11 is 0. The van der Waals surface area contributed by atoms with Crippen LogP contribution in [-0.4, -0.2) is 46.9 Å². The summed E-state index contributed by atoms with van der Waals surface area (Å²) in [5.74, 6) is -1.37. The first kappa shape index (κ1) is 31.6. The van der Waals surface area contributed by atoms with Gasteiger partial charge in [0.05, 0.1) is 6.04 Å². The van der Waals surface area contributed by atoms with Crippen LogP contribution in [0, 0.1) is 17.6 Å². The van der Waals surface area contributed by atoms with Crippen molar-refractivity contribution in [1.29, 1.82) is 0 Å². The van der Waals surface area contributed by atoms with Crippen molar-refractivity contribution < 1.29 is 18.4 Å². The average molecular weight is 594 g/mol. The number of hydrogen-bond donors (Lipinski definition) is 3. The fourth-order valence-electron chi connectivity index (χ4n) is 6.10. The third kappa shape index (κ3) is 7.42. The Hall–Kier alpha value is -2.94. The zero-order valence-electron chi connectivity index (χ0n) is 22.2. The number of carbonyl (C=O) groups excluding carboxylic acids is 2. The summed E-state index contributed by atoms with van der Waals surface area (Å²) in [5, 5.41) is 4.85. The van der Waals surface area contributed by atoms with Gasteiger partial charge in [0.15, 0.2) is 0 Å². The van der Waals surface area contributed by atoms with Crippen LogP contribution in [0.4, 0.5) is 8.78 Å². The number of hydrogen-bond acceptors (Lipinski definition) is 3. The van der Waals surface area contributed by atoms with E-state index in [1.807, 2.05) is 6.07 Å². The molecule has 5 rings (SSSR count). The first-order valence-corrected chi connectivity index (χ1v) is 13.4. The highest BCUT2D eigenvalue weighted by Gasteiger charge is 2.34. The molecule has 40 heavy (non-hydrogen) atoms. The second-order valence-electron chi connectivity index (χ2n) is 10.6. The predicted octanol–water partition coefficient (Wildman–Crippen LogP) is 5.71. The van der Waals surface area contributed by atoms with Crippen LogP contribution in [0.15, 0.2) is 54.7 Å². The predicted molar refractivity (Wildman–Crippen MR) is 159 cm³/mol. The summed E-state index contributed by atoms with van der Waals surface area (Å²) < 4.78 is 26.8. The van der Waals surface area contributed by atoms with Gasteiger partial charge in [-0.3, -0.25) is 9.59 Å². The first-order chi connectivity index (χ1) is 18.4. The summed E-state index contributed by atoms with van der Waals surface area (Å²) in [7, 11) is 0. The molecule has 1 saturated carbocycles. The lowest BCUT2D eigenvalue weighted by Gasteiger charge is -2.38. The van der Waals surface area contributed by atoms with Gasteiger partial charge in [-0.1, -0.05) is 18.2 Å². The zero-order chi connectivity index (χ0) is 26.6. The van der Waals surface area contributed by atoms with Crippen LogP contribution >= 0.6 is 24.8 Å². The molecule has 1 aliphatic carbocycles. The Balaban J connectivity index is 0.00000220. The number of para-hydroxylation sites is 1. The van der Waals surface area contributed by atoms with E-state index in [1.54, 1.807) is 4.90 Å². The number of likely N-dealkylation sites (tertiary alicyclic amines) is 1. The topological polar surface area (TPSA) is 91.2 Å². The summed E-state index contributed by atoms with van der Waals surface area (Å²) in [6, 6.07) is 11.4. The van der Waals surface area contributed by atoms with E-state index in [1.165, 1.54) is 40.8 Å². The van der Waals surface area contributed by atoms with Gasteiger partial charge in [-0.15, -0.1) is 24.8 Å². The van der Waals surface area contributed by atoms with Gasteiger partial charge in [-0.05, 0) is 85.8 Å². The van der Waals surface area contributed by atoms with Gasteiger partial charge in [0, 0.05) is 48.4 Å². The number of aromatic nitrogens is 1. The number of amides is 2. The van der Waals surface area contributed by atoms with E-state index >= 15 is 0 Å². The van der Waals surface area contributed by atoms with Crippen LogP contribution in [0.2, 0.25) is 0 Å². The van der Waals surface area contributed by atoms with E-state index in [0.29, 0.717) is 37.4 Å². The minimum atomic E-state index is -0.686. The number of fused-ring (bicyclic) bond motifs is 1. The van der Waals surface area contributed by atoms with E-state index < -0.39 is 17.7 Å². The number of carbonyl (C=O) groups is 2. The van der Waals surface area contributed by atoms with Gasteiger partial charge < -0.3 is 20.9 Å². The normalized spacial score (nSPS) is 20.6. The molecule has 0 spiro atoms. The van der Waals surface area contributed by atoms with Gasteiger partial charge in [0.2, 0.25) is 11.8 Å². The van der Waals surface area contributed by atoms with E-state index in [4.69, 9.17) is 5.73 Å². The highest BCUT2D eigenvalue weighted by Crippen LogP contribution is 2.37. The number of nitrogens with two attached hydrogens (primary N) is 1. The number of primary amides is 1. The minimum Gasteiger partial charge on any atom is -0.368 e. The molecule has 1 aromatic heterocycles. The average Bonchev–Trinajstić information content (AvgIpc) is 3.34. The Kier molecular flexibility index (Phi) is 11.1. The monoisotopic (exact) mass is 592 g/mol. The van der Waals surface area contributed by atoms with Crippen molar-refractivity contribution in [2.24, 2.45) is 11.7 Å². The molecule has 2 fully saturated rings. The van der Waals surface area contributed by atoms with Crippen molar-refractivity contribution in [1.82, 2.24) is 15.2 Å². The molecule has 2 heterocycles. The van der Waals surface area contributed by atoms with Crippen molar-refractivity contribution in [3.63, 3.8) is 0 Å². The second kappa shape index (κ2) is 14.1. The lowest BCUT2D eigenvalue weighted by atomic mass is 9.80. The van der Waals surface area contributed by atoms with Crippen LogP contribution in [-0.2, 0) is 9.59 Å². The molecule has 0 unspecified atom stereocenters. The van der Waals surface area contributed by atoms with E-state index in [9.17, 15) is 18.4 Å². The summed E-state index contributed by atoms with van der Waals surface area (Å²) in [5.41, 5.74) is 8.66. The Morgan fingerprint density at radius 3 is 2.27 bits per heavy atom. The number of nitrogens with one attached hydrogen (secondary N) is 2. The quantitative estimate of drug-likeness (QED) is 0.307. The van der Waals surface area contributed by atoms with Crippen LogP contribution in [0.5, 0.6) is 0 Å². The summed E-state index contributed by atoms with van der Waals surface area (Å²) in [6.45, 7) is 1.01. The number of benzene rings is 2. The maximum absolute atomic E-state index is 13.4. The highest BCUT2D eigenvalue weighted by atomic mass is 35.5. The molecule has 1 aliphatic heterocycles. The van der Waals surface area contributed by atoms with Crippen LogP contribution in [0.3, 0.4) is 0 Å².